The van der Waals surface area contributed by atoms with Crippen LogP contribution in [0.15, 0.2) is 24.3 Å². The fourth-order valence-electron chi connectivity index (χ4n) is 1.27. The number of nitro benzene ring substituents is 1. The highest BCUT2D eigenvalue weighted by Gasteiger charge is 2.21. The molecule has 0 saturated heterocycles. The fraction of sp³-hybridized carbons (Fsp3) is 0.333. The largest absolute Gasteiger partial charge is 0.455 e. The number of carbonyl (C=O) groups is 2. The Morgan fingerprint density at radius 1 is 1.37 bits per heavy atom. The first kappa shape index (κ1) is 14.8. The van der Waals surface area contributed by atoms with Crippen molar-refractivity contribution < 1.29 is 19.2 Å². The first-order chi connectivity index (χ1) is 8.95. The Kier molecular flexibility index (Phi) is 5.13. The lowest BCUT2D eigenvalue weighted by Gasteiger charge is -2.07. The van der Waals surface area contributed by atoms with E-state index in [-0.39, 0.29) is 12.3 Å². The van der Waals surface area contributed by atoms with Crippen molar-refractivity contribution in [2.45, 2.75) is 26.0 Å². The van der Waals surface area contributed by atoms with Crippen LogP contribution in [-0.2, 0) is 20.9 Å². The van der Waals surface area contributed by atoms with Crippen molar-refractivity contribution in [3.8, 4) is 0 Å². The Balaban J connectivity index is 2.55. The van der Waals surface area contributed by atoms with E-state index in [4.69, 9.17) is 10.5 Å². The summed E-state index contributed by atoms with van der Waals surface area (Å²) in [5, 5.41) is 10.4. The lowest BCUT2D eigenvalue weighted by atomic mass is 10.1. The number of hydrogen-bond acceptors (Lipinski definition) is 6. The number of rotatable bonds is 6. The molecular weight excluding hydrogens is 252 g/mol. The number of benzene rings is 1. The van der Waals surface area contributed by atoms with E-state index in [2.05, 4.69) is 0 Å². The molecular formula is C12H14N2O5. The molecule has 1 aromatic carbocycles. The van der Waals surface area contributed by atoms with Gasteiger partial charge in [0.05, 0.1) is 11.0 Å². The second-order valence-corrected chi connectivity index (χ2v) is 3.88. The molecule has 0 aromatic heterocycles. The summed E-state index contributed by atoms with van der Waals surface area (Å²) in [7, 11) is 0. The van der Waals surface area contributed by atoms with Gasteiger partial charge in [-0.25, -0.2) is 4.79 Å². The van der Waals surface area contributed by atoms with Crippen molar-refractivity contribution in [2.24, 2.45) is 5.73 Å². The van der Waals surface area contributed by atoms with Crippen LogP contribution in [0.2, 0.25) is 0 Å². The zero-order chi connectivity index (χ0) is 14.4. The molecule has 0 aliphatic heterocycles. The first-order valence-corrected chi connectivity index (χ1v) is 5.65. The topological polar surface area (TPSA) is 113 Å². The molecule has 7 heteroatoms. The minimum Gasteiger partial charge on any atom is -0.455 e. The number of nitrogens with zero attached hydrogens (tertiary/aromatic N) is 1. The van der Waals surface area contributed by atoms with Crippen LogP contribution in [0.3, 0.4) is 0 Å². The summed E-state index contributed by atoms with van der Waals surface area (Å²) in [4.78, 5) is 32.6. The van der Waals surface area contributed by atoms with Crippen molar-refractivity contribution in [3.05, 3.63) is 39.9 Å². The Hall–Kier alpha value is -2.28. The van der Waals surface area contributed by atoms with Gasteiger partial charge >= 0.3 is 5.97 Å². The number of ether oxygens (including phenoxy) is 1. The van der Waals surface area contributed by atoms with Crippen molar-refractivity contribution in [1.29, 1.82) is 0 Å². The Labute approximate surface area is 109 Å². The van der Waals surface area contributed by atoms with Crippen LogP contribution in [0.5, 0.6) is 0 Å². The van der Waals surface area contributed by atoms with E-state index < -0.39 is 22.7 Å². The standard InChI is InChI=1S/C12H14N2O5/c1-2-10(13)11(15)12(16)19-7-8-3-5-9(6-4-8)14(17)18/h3-6,10H,2,7,13H2,1H3. The molecule has 0 heterocycles. The van der Waals surface area contributed by atoms with Crippen molar-refractivity contribution in [3.63, 3.8) is 0 Å². The minimum atomic E-state index is -0.993. The third-order valence-electron chi connectivity index (χ3n) is 2.49. The molecule has 1 rings (SSSR count). The highest BCUT2D eigenvalue weighted by Crippen LogP contribution is 2.12. The molecule has 1 atom stereocenters. The number of nitro groups is 1. The van der Waals surface area contributed by atoms with E-state index in [0.717, 1.165) is 0 Å². The summed E-state index contributed by atoms with van der Waals surface area (Å²) in [5.74, 6) is -1.77. The number of hydrogen-bond donors (Lipinski definition) is 1. The van der Waals surface area contributed by atoms with Crippen LogP contribution < -0.4 is 5.73 Å². The number of ketones is 1. The van der Waals surface area contributed by atoms with Gasteiger partial charge in [-0.05, 0) is 24.1 Å². The van der Waals surface area contributed by atoms with E-state index in [1.807, 2.05) is 0 Å². The average Bonchev–Trinajstić information content (AvgIpc) is 2.43. The SMILES string of the molecule is CCC(N)C(=O)C(=O)OCc1ccc([N+](=O)[O-])cc1. The zero-order valence-electron chi connectivity index (χ0n) is 10.4. The fourth-order valence-corrected chi connectivity index (χ4v) is 1.27. The smallest absolute Gasteiger partial charge is 0.376 e. The maximum absolute atomic E-state index is 11.3. The summed E-state index contributed by atoms with van der Waals surface area (Å²) < 4.78 is 4.77. The third kappa shape index (κ3) is 4.14. The monoisotopic (exact) mass is 266 g/mol. The molecule has 0 fully saturated rings. The molecule has 0 aliphatic rings. The van der Waals surface area contributed by atoms with E-state index in [1.165, 1.54) is 24.3 Å². The van der Waals surface area contributed by atoms with Crippen LogP contribution in [0.4, 0.5) is 5.69 Å². The summed E-state index contributed by atoms with van der Waals surface area (Å²) in [6.07, 6.45) is 0.353. The van der Waals surface area contributed by atoms with Crippen LogP contribution in [0.25, 0.3) is 0 Å². The predicted molar refractivity (Wildman–Crippen MR) is 66.2 cm³/mol. The second kappa shape index (κ2) is 6.60. The van der Waals surface area contributed by atoms with Crippen LogP contribution >= 0.6 is 0 Å². The molecule has 1 unspecified atom stereocenters. The molecule has 7 nitrogen and oxygen atoms in total. The van der Waals surface area contributed by atoms with Crippen molar-refractivity contribution in [2.75, 3.05) is 0 Å². The molecule has 0 radical (unpaired) electrons. The number of Topliss-reactive ketones (excluding diaryl/α,β-unsaturated/α-hetero) is 1. The molecule has 0 amide bonds. The van der Waals surface area contributed by atoms with Gasteiger partial charge in [-0.2, -0.15) is 0 Å². The van der Waals surface area contributed by atoms with Crippen LogP contribution in [0.1, 0.15) is 18.9 Å². The molecule has 1 aromatic rings. The zero-order valence-corrected chi connectivity index (χ0v) is 10.4. The highest BCUT2D eigenvalue weighted by atomic mass is 16.6. The Bertz CT molecular complexity index is 483. The molecule has 0 aliphatic carbocycles. The van der Waals surface area contributed by atoms with Crippen molar-refractivity contribution >= 4 is 17.4 Å². The van der Waals surface area contributed by atoms with E-state index in [0.29, 0.717) is 12.0 Å². The van der Waals surface area contributed by atoms with Gasteiger partial charge in [0, 0.05) is 12.1 Å². The van der Waals surface area contributed by atoms with Gasteiger partial charge in [-0.3, -0.25) is 14.9 Å². The first-order valence-electron chi connectivity index (χ1n) is 5.65. The van der Waals surface area contributed by atoms with Gasteiger partial charge in [0.15, 0.2) is 0 Å². The number of carbonyl (C=O) groups excluding carboxylic acids is 2. The van der Waals surface area contributed by atoms with E-state index in [1.54, 1.807) is 6.92 Å². The van der Waals surface area contributed by atoms with Gasteiger partial charge < -0.3 is 10.5 Å². The molecule has 0 bridgehead atoms. The highest BCUT2D eigenvalue weighted by molar-refractivity contribution is 6.35. The maximum atomic E-state index is 11.3. The summed E-state index contributed by atoms with van der Waals surface area (Å²) >= 11 is 0. The van der Waals surface area contributed by atoms with Crippen LogP contribution in [-0.4, -0.2) is 22.7 Å². The molecule has 2 N–H and O–H groups in total. The second-order valence-electron chi connectivity index (χ2n) is 3.88. The Morgan fingerprint density at radius 2 is 1.95 bits per heavy atom. The molecule has 0 saturated carbocycles. The van der Waals surface area contributed by atoms with E-state index >= 15 is 0 Å². The molecule has 102 valence electrons. The summed E-state index contributed by atoms with van der Waals surface area (Å²) in [6, 6.07) is 4.64. The number of esters is 1. The van der Waals surface area contributed by atoms with E-state index in [9.17, 15) is 19.7 Å². The summed E-state index contributed by atoms with van der Waals surface area (Å²) in [6.45, 7) is 1.56. The van der Waals surface area contributed by atoms with Gasteiger partial charge in [0.1, 0.15) is 6.61 Å². The molecule has 19 heavy (non-hydrogen) atoms. The number of nitrogens with two attached hydrogens (primary N) is 1. The third-order valence-corrected chi connectivity index (χ3v) is 2.49. The quantitative estimate of drug-likeness (QED) is 0.355. The van der Waals surface area contributed by atoms with Gasteiger partial charge in [-0.15, -0.1) is 0 Å². The van der Waals surface area contributed by atoms with Crippen LogP contribution in [0, 0.1) is 10.1 Å². The number of non-ortho nitro benzene ring substituents is 1. The average molecular weight is 266 g/mol. The lowest BCUT2D eigenvalue weighted by Crippen LogP contribution is -2.36. The molecule has 0 spiro atoms. The van der Waals surface area contributed by atoms with Gasteiger partial charge in [0.25, 0.3) is 11.5 Å². The maximum Gasteiger partial charge on any atom is 0.376 e. The van der Waals surface area contributed by atoms with Crippen molar-refractivity contribution in [1.82, 2.24) is 0 Å². The Morgan fingerprint density at radius 3 is 2.42 bits per heavy atom. The lowest BCUT2D eigenvalue weighted by molar-refractivity contribution is -0.384. The predicted octanol–water partition coefficient (Wildman–Crippen LogP) is 0.944. The normalized spacial score (nSPS) is 11.7. The van der Waals surface area contributed by atoms with Gasteiger partial charge in [0.2, 0.25) is 0 Å². The van der Waals surface area contributed by atoms with Gasteiger partial charge in [-0.1, -0.05) is 6.92 Å². The summed E-state index contributed by atoms with van der Waals surface area (Å²) in [5.41, 5.74) is 5.91. The minimum absolute atomic E-state index is 0.0563.